The minimum Gasteiger partial charge on any atom is -0.395 e. The summed E-state index contributed by atoms with van der Waals surface area (Å²) in [6.45, 7) is -2.45. The molecule has 0 aliphatic carbocycles. The van der Waals surface area contributed by atoms with Crippen LogP contribution in [0.4, 0.5) is 18.9 Å². The van der Waals surface area contributed by atoms with E-state index in [1.54, 1.807) is 0 Å². The molecule has 1 amide bonds. The number of hydrogen-bond acceptors (Lipinski definition) is 4. The van der Waals surface area contributed by atoms with Gasteiger partial charge in [0.25, 0.3) is 5.69 Å². The second kappa shape index (κ2) is 7.02. The van der Waals surface area contributed by atoms with Crippen LogP contribution in [0.2, 0.25) is 0 Å². The molecular weight excluding hydrogens is 293 g/mol. The van der Waals surface area contributed by atoms with Crippen molar-refractivity contribution in [1.82, 2.24) is 4.90 Å². The van der Waals surface area contributed by atoms with E-state index in [4.69, 9.17) is 5.11 Å². The van der Waals surface area contributed by atoms with E-state index < -0.39 is 36.7 Å². The molecule has 0 unspecified atom stereocenters. The highest BCUT2D eigenvalue weighted by molar-refractivity contribution is 5.78. The Morgan fingerprint density at radius 3 is 2.29 bits per heavy atom. The molecule has 0 radical (unpaired) electrons. The van der Waals surface area contributed by atoms with Crippen LogP contribution in [0, 0.1) is 10.1 Å². The van der Waals surface area contributed by atoms with Crippen LogP contribution in [0.25, 0.3) is 0 Å². The fourth-order valence-electron chi connectivity index (χ4n) is 1.65. The number of rotatable bonds is 6. The molecule has 0 aliphatic heterocycles. The number of aliphatic hydroxyl groups excluding tert-OH is 1. The maximum absolute atomic E-state index is 12.3. The van der Waals surface area contributed by atoms with Gasteiger partial charge in [0, 0.05) is 18.7 Å². The number of non-ortho nitro benzene ring substituents is 1. The van der Waals surface area contributed by atoms with Gasteiger partial charge in [-0.05, 0) is 5.56 Å². The summed E-state index contributed by atoms with van der Waals surface area (Å²) in [6.07, 6.45) is -4.88. The molecule has 0 fully saturated rings. The molecule has 21 heavy (non-hydrogen) atoms. The van der Waals surface area contributed by atoms with Crippen LogP contribution in [0.5, 0.6) is 0 Å². The molecule has 0 heterocycles. The molecule has 1 aromatic rings. The van der Waals surface area contributed by atoms with E-state index in [2.05, 4.69) is 0 Å². The van der Waals surface area contributed by atoms with Crippen molar-refractivity contribution >= 4 is 11.6 Å². The lowest BCUT2D eigenvalue weighted by Gasteiger charge is -2.23. The minimum atomic E-state index is -4.56. The second-order valence-electron chi connectivity index (χ2n) is 4.25. The van der Waals surface area contributed by atoms with E-state index in [0.717, 1.165) is 0 Å². The average Bonchev–Trinajstić information content (AvgIpc) is 2.37. The molecule has 9 heteroatoms. The molecular formula is C12H13F3N2O4. The number of hydrogen-bond donors (Lipinski definition) is 1. The van der Waals surface area contributed by atoms with Crippen LogP contribution in [0.15, 0.2) is 24.3 Å². The molecule has 1 N–H and O–H groups in total. The highest BCUT2D eigenvalue weighted by Crippen LogP contribution is 2.18. The van der Waals surface area contributed by atoms with Crippen molar-refractivity contribution < 1.29 is 28.0 Å². The normalized spacial score (nSPS) is 11.2. The third kappa shape index (κ3) is 5.78. The minimum absolute atomic E-state index is 0.172. The van der Waals surface area contributed by atoms with Crippen molar-refractivity contribution in [3.05, 3.63) is 39.9 Å². The van der Waals surface area contributed by atoms with Crippen LogP contribution < -0.4 is 0 Å². The van der Waals surface area contributed by atoms with Gasteiger partial charge in [0.05, 0.1) is 18.0 Å². The van der Waals surface area contributed by atoms with E-state index in [0.29, 0.717) is 10.5 Å². The third-order valence-electron chi connectivity index (χ3n) is 2.60. The number of alkyl halides is 3. The number of carbonyl (C=O) groups is 1. The van der Waals surface area contributed by atoms with Crippen molar-refractivity contribution in [3.8, 4) is 0 Å². The first kappa shape index (κ1) is 16.9. The van der Waals surface area contributed by atoms with E-state index in [1.807, 2.05) is 0 Å². The van der Waals surface area contributed by atoms with Crippen molar-refractivity contribution in [2.45, 2.75) is 12.6 Å². The third-order valence-corrected chi connectivity index (χ3v) is 2.60. The van der Waals surface area contributed by atoms with Gasteiger partial charge in [0.15, 0.2) is 0 Å². The number of benzene rings is 1. The first-order valence-corrected chi connectivity index (χ1v) is 5.91. The summed E-state index contributed by atoms with van der Waals surface area (Å²) in [6, 6.07) is 4.95. The van der Waals surface area contributed by atoms with Gasteiger partial charge in [0.1, 0.15) is 6.54 Å². The maximum Gasteiger partial charge on any atom is 0.406 e. The number of amides is 1. The zero-order chi connectivity index (χ0) is 16.0. The maximum atomic E-state index is 12.3. The summed E-state index contributed by atoms with van der Waals surface area (Å²) in [7, 11) is 0. The van der Waals surface area contributed by atoms with Crippen molar-refractivity contribution in [1.29, 1.82) is 0 Å². The lowest BCUT2D eigenvalue weighted by molar-refractivity contribution is -0.384. The summed E-state index contributed by atoms with van der Waals surface area (Å²) in [5.74, 6) is -0.810. The molecule has 0 bridgehead atoms. The van der Waals surface area contributed by atoms with Crippen molar-refractivity contribution in [3.63, 3.8) is 0 Å². The van der Waals surface area contributed by atoms with Crippen LogP contribution in [-0.4, -0.2) is 46.7 Å². The Morgan fingerprint density at radius 1 is 1.29 bits per heavy atom. The van der Waals surface area contributed by atoms with Gasteiger partial charge in [-0.3, -0.25) is 14.9 Å². The monoisotopic (exact) mass is 306 g/mol. The number of nitrogens with zero attached hydrogens (tertiary/aromatic N) is 2. The topological polar surface area (TPSA) is 83.7 Å². The number of nitro benzene ring substituents is 1. The summed E-state index contributed by atoms with van der Waals surface area (Å²) in [4.78, 5) is 22.1. The van der Waals surface area contributed by atoms with E-state index in [1.165, 1.54) is 24.3 Å². The van der Waals surface area contributed by atoms with E-state index in [9.17, 15) is 28.1 Å². The molecule has 116 valence electrons. The molecule has 0 saturated carbocycles. The molecule has 0 spiro atoms. The number of aliphatic hydroxyl groups is 1. The van der Waals surface area contributed by atoms with Gasteiger partial charge in [-0.15, -0.1) is 0 Å². The number of halogens is 3. The molecule has 0 atom stereocenters. The standard InChI is InChI=1S/C12H13F3N2O4/c13-12(14,15)8-16(5-6-18)11(19)7-9-1-3-10(4-2-9)17(20)21/h1-4,18H,5-8H2. The first-order valence-electron chi connectivity index (χ1n) is 5.91. The van der Waals surface area contributed by atoms with Gasteiger partial charge in [0.2, 0.25) is 5.91 Å². The van der Waals surface area contributed by atoms with Crippen LogP contribution in [-0.2, 0) is 11.2 Å². The predicted octanol–water partition coefficient (Wildman–Crippen LogP) is 1.52. The number of carbonyl (C=O) groups excluding carboxylic acids is 1. The zero-order valence-electron chi connectivity index (χ0n) is 10.8. The summed E-state index contributed by atoms with van der Waals surface area (Å²) in [5.41, 5.74) is 0.185. The highest BCUT2D eigenvalue weighted by Gasteiger charge is 2.32. The van der Waals surface area contributed by atoms with Crippen LogP contribution in [0.3, 0.4) is 0 Å². The van der Waals surface area contributed by atoms with Crippen LogP contribution >= 0.6 is 0 Å². The zero-order valence-corrected chi connectivity index (χ0v) is 10.8. The fourth-order valence-corrected chi connectivity index (χ4v) is 1.65. The Balaban J connectivity index is 2.74. The van der Waals surface area contributed by atoms with Crippen molar-refractivity contribution in [2.75, 3.05) is 19.7 Å². The lowest BCUT2D eigenvalue weighted by atomic mass is 10.1. The highest BCUT2D eigenvalue weighted by atomic mass is 19.4. The summed E-state index contributed by atoms with van der Waals surface area (Å²) < 4.78 is 37.0. The van der Waals surface area contributed by atoms with Gasteiger partial charge >= 0.3 is 6.18 Å². The average molecular weight is 306 g/mol. The Kier molecular flexibility index (Phi) is 5.65. The predicted molar refractivity (Wildman–Crippen MR) is 66.5 cm³/mol. The second-order valence-corrected chi connectivity index (χ2v) is 4.25. The molecule has 1 aromatic carbocycles. The molecule has 0 aliphatic rings. The Bertz CT molecular complexity index is 502. The fraction of sp³-hybridized carbons (Fsp3) is 0.417. The number of nitro groups is 1. The quantitative estimate of drug-likeness (QED) is 0.638. The largest absolute Gasteiger partial charge is 0.406 e. The summed E-state index contributed by atoms with van der Waals surface area (Å²) >= 11 is 0. The molecule has 1 rings (SSSR count). The molecule has 0 aromatic heterocycles. The molecule has 6 nitrogen and oxygen atoms in total. The molecule has 0 saturated heterocycles. The van der Waals surface area contributed by atoms with Gasteiger partial charge < -0.3 is 10.0 Å². The summed E-state index contributed by atoms with van der Waals surface area (Å²) in [5, 5.41) is 19.2. The Labute approximate surface area is 117 Å². The Morgan fingerprint density at radius 2 is 1.86 bits per heavy atom. The van der Waals surface area contributed by atoms with E-state index in [-0.39, 0.29) is 12.1 Å². The van der Waals surface area contributed by atoms with Gasteiger partial charge in [-0.1, -0.05) is 12.1 Å². The SMILES string of the molecule is O=C(Cc1ccc([N+](=O)[O-])cc1)N(CCO)CC(F)(F)F. The van der Waals surface area contributed by atoms with Gasteiger partial charge in [-0.2, -0.15) is 13.2 Å². The smallest absolute Gasteiger partial charge is 0.395 e. The van der Waals surface area contributed by atoms with E-state index >= 15 is 0 Å². The van der Waals surface area contributed by atoms with Gasteiger partial charge in [-0.25, -0.2) is 0 Å². The Hall–Kier alpha value is -2.16. The lowest BCUT2D eigenvalue weighted by Crippen LogP contribution is -2.41. The van der Waals surface area contributed by atoms with Crippen molar-refractivity contribution in [2.24, 2.45) is 0 Å². The first-order chi connectivity index (χ1) is 9.73. The van der Waals surface area contributed by atoms with Crippen LogP contribution in [0.1, 0.15) is 5.56 Å².